The molecule has 1 amide bonds. The number of benzene rings is 2. The minimum Gasteiger partial charge on any atom is -0.481 e. The number of carbonyl (C=O) groups is 2. The van der Waals surface area contributed by atoms with Crippen LogP contribution in [0.2, 0.25) is 5.02 Å². The Bertz CT molecular complexity index is 1050. The number of hydrogen-bond donors (Lipinski definition) is 2. The van der Waals surface area contributed by atoms with E-state index < -0.39 is 16.0 Å². The zero-order valence-electron chi connectivity index (χ0n) is 15.1. The van der Waals surface area contributed by atoms with Crippen molar-refractivity contribution >= 4 is 44.9 Å². The number of hydrogen-bond acceptors (Lipinski definition) is 4. The lowest BCUT2D eigenvalue weighted by molar-refractivity contribution is -0.138. The van der Waals surface area contributed by atoms with E-state index in [1.54, 1.807) is 37.3 Å². The van der Waals surface area contributed by atoms with Crippen LogP contribution in [0.15, 0.2) is 41.3 Å². The Balaban J connectivity index is 1.83. The van der Waals surface area contributed by atoms with Gasteiger partial charge < -0.3 is 10.0 Å². The Labute approximate surface area is 168 Å². The van der Waals surface area contributed by atoms with E-state index in [0.29, 0.717) is 29.4 Å². The van der Waals surface area contributed by atoms with Crippen LogP contribution >= 0.6 is 11.6 Å². The van der Waals surface area contributed by atoms with Crippen molar-refractivity contribution in [2.24, 2.45) is 0 Å². The first-order valence-corrected chi connectivity index (χ1v) is 10.5. The number of aliphatic carboxylic acids is 1. The third kappa shape index (κ3) is 4.28. The molecule has 0 aromatic heterocycles. The minimum atomic E-state index is -3.82. The monoisotopic (exact) mass is 422 g/mol. The van der Waals surface area contributed by atoms with Crippen LogP contribution in [0.25, 0.3) is 0 Å². The summed E-state index contributed by atoms with van der Waals surface area (Å²) < 4.78 is 28.1. The van der Waals surface area contributed by atoms with Gasteiger partial charge in [-0.1, -0.05) is 17.7 Å². The van der Waals surface area contributed by atoms with Gasteiger partial charge in [-0.3, -0.25) is 14.3 Å². The fourth-order valence-electron chi connectivity index (χ4n) is 3.06. The lowest BCUT2D eigenvalue weighted by Gasteiger charge is -2.17. The van der Waals surface area contributed by atoms with Gasteiger partial charge in [0.15, 0.2) is 0 Å². The highest BCUT2D eigenvalue weighted by molar-refractivity contribution is 7.92. The Morgan fingerprint density at radius 3 is 2.64 bits per heavy atom. The molecule has 1 aliphatic heterocycles. The third-order valence-corrected chi connectivity index (χ3v) is 6.15. The van der Waals surface area contributed by atoms with Crippen molar-refractivity contribution in [3.05, 3.63) is 52.5 Å². The van der Waals surface area contributed by atoms with Crippen LogP contribution < -0.4 is 9.62 Å². The molecule has 0 radical (unpaired) electrons. The van der Waals surface area contributed by atoms with Crippen molar-refractivity contribution in [2.75, 3.05) is 16.2 Å². The highest BCUT2D eigenvalue weighted by Gasteiger charge is 2.27. The molecule has 0 bridgehead atoms. The molecule has 0 aliphatic carbocycles. The maximum Gasteiger partial charge on any atom is 0.303 e. The summed E-state index contributed by atoms with van der Waals surface area (Å²) in [5.74, 6) is -1.32. The van der Waals surface area contributed by atoms with Gasteiger partial charge in [-0.15, -0.1) is 0 Å². The fourth-order valence-corrected chi connectivity index (χ4v) is 4.41. The summed E-state index contributed by atoms with van der Waals surface area (Å²) in [5, 5.41) is 9.16. The summed E-state index contributed by atoms with van der Waals surface area (Å²) in [5.41, 5.74) is 2.49. The van der Waals surface area contributed by atoms with Gasteiger partial charge in [0, 0.05) is 23.7 Å². The lowest BCUT2D eigenvalue weighted by Crippen LogP contribution is -2.29. The molecule has 1 aliphatic rings. The molecule has 1 heterocycles. The zero-order valence-corrected chi connectivity index (χ0v) is 16.7. The number of anilines is 2. The summed E-state index contributed by atoms with van der Waals surface area (Å²) in [4.78, 5) is 24.5. The predicted octanol–water partition coefficient (Wildman–Crippen LogP) is 3.20. The van der Waals surface area contributed by atoms with Crippen molar-refractivity contribution in [1.29, 1.82) is 0 Å². The number of amides is 1. The molecule has 2 aromatic carbocycles. The third-order valence-electron chi connectivity index (χ3n) is 4.55. The van der Waals surface area contributed by atoms with E-state index in [2.05, 4.69) is 4.72 Å². The van der Waals surface area contributed by atoms with Gasteiger partial charge in [-0.25, -0.2) is 8.42 Å². The highest BCUT2D eigenvalue weighted by Crippen LogP contribution is 2.32. The molecule has 2 aromatic rings. The topological polar surface area (TPSA) is 104 Å². The van der Waals surface area contributed by atoms with E-state index in [9.17, 15) is 18.0 Å². The molecule has 3 rings (SSSR count). The van der Waals surface area contributed by atoms with Crippen molar-refractivity contribution in [3.8, 4) is 0 Å². The van der Waals surface area contributed by atoms with Gasteiger partial charge in [0.1, 0.15) is 0 Å². The quantitative estimate of drug-likeness (QED) is 0.743. The average Bonchev–Trinajstić information content (AvgIpc) is 3.06. The number of rotatable bonds is 6. The van der Waals surface area contributed by atoms with Crippen LogP contribution in [-0.4, -0.2) is 31.9 Å². The zero-order chi connectivity index (χ0) is 20.5. The summed E-state index contributed by atoms with van der Waals surface area (Å²) >= 11 is 5.95. The van der Waals surface area contributed by atoms with Crippen molar-refractivity contribution in [1.82, 2.24) is 0 Å². The molecule has 9 heteroatoms. The highest BCUT2D eigenvalue weighted by atomic mass is 35.5. The first-order chi connectivity index (χ1) is 13.2. The molecule has 2 N–H and O–H groups in total. The number of carboxylic acids is 1. The van der Waals surface area contributed by atoms with Gasteiger partial charge >= 0.3 is 5.97 Å². The smallest absolute Gasteiger partial charge is 0.303 e. The molecular weight excluding hydrogens is 404 g/mol. The van der Waals surface area contributed by atoms with Crippen LogP contribution in [-0.2, 0) is 26.0 Å². The maximum atomic E-state index is 12.8. The molecule has 0 unspecified atom stereocenters. The van der Waals surface area contributed by atoms with Crippen LogP contribution in [0, 0.1) is 6.92 Å². The Hall–Kier alpha value is -2.58. The van der Waals surface area contributed by atoms with Gasteiger partial charge in [-0.2, -0.15) is 0 Å². The molecule has 0 saturated heterocycles. The van der Waals surface area contributed by atoms with E-state index in [1.807, 2.05) is 0 Å². The van der Waals surface area contributed by atoms with E-state index >= 15 is 0 Å². The fraction of sp³-hybridized carbons (Fsp3) is 0.263. The largest absolute Gasteiger partial charge is 0.481 e. The number of sulfonamides is 1. The number of nitrogens with zero attached hydrogens (tertiary/aromatic N) is 1. The molecule has 7 nitrogen and oxygen atoms in total. The van der Waals surface area contributed by atoms with Crippen molar-refractivity contribution < 1.29 is 23.1 Å². The minimum absolute atomic E-state index is 0.0884. The first kappa shape index (κ1) is 20.2. The Kier molecular flexibility index (Phi) is 5.62. The van der Waals surface area contributed by atoms with Gasteiger partial charge in [0.2, 0.25) is 5.91 Å². The van der Waals surface area contributed by atoms with E-state index in [1.165, 1.54) is 11.0 Å². The number of aryl methyl sites for hydroxylation is 1. The second-order valence-electron chi connectivity index (χ2n) is 6.54. The molecule has 0 atom stereocenters. The number of nitrogens with one attached hydrogen (secondary N) is 1. The number of carbonyl (C=O) groups excluding carboxylic acids is 1. The summed E-state index contributed by atoms with van der Waals surface area (Å²) in [6.45, 7) is 2.18. The van der Waals surface area contributed by atoms with Gasteiger partial charge in [-0.05, 0) is 54.8 Å². The molecule has 148 valence electrons. The van der Waals surface area contributed by atoms with Crippen LogP contribution in [0.5, 0.6) is 0 Å². The SMILES string of the molecule is Cc1ccc(Cl)cc1NS(=O)(=O)c1ccc2c(c1)CCN2C(=O)CCC(=O)O. The number of fused-ring (bicyclic) bond motifs is 1. The molecule has 28 heavy (non-hydrogen) atoms. The molecule has 0 fully saturated rings. The van der Waals surface area contributed by atoms with E-state index in [-0.39, 0.29) is 23.6 Å². The van der Waals surface area contributed by atoms with Gasteiger partial charge in [0.25, 0.3) is 10.0 Å². The van der Waals surface area contributed by atoms with Crippen molar-refractivity contribution in [2.45, 2.75) is 31.1 Å². The number of halogens is 1. The summed E-state index contributed by atoms with van der Waals surface area (Å²) in [7, 11) is -3.82. The van der Waals surface area contributed by atoms with Crippen LogP contribution in [0.3, 0.4) is 0 Å². The molecule has 0 spiro atoms. The molecular formula is C19H19ClN2O5S. The summed E-state index contributed by atoms with van der Waals surface area (Å²) in [6.07, 6.45) is 0.179. The Morgan fingerprint density at radius 2 is 1.93 bits per heavy atom. The standard InChI is InChI=1S/C19H19ClN2O5S/c1-12-2-3-14(20)11-16(12)21-28(26,27)15-4-5-17-13(10-15)8-9-22(17)18(23)6-7-19(24)25/h2-5,10-11,21H,6-9H2,1H3,(H,24,25). The Morgan fingerprint density at radius 1 is 1.18 bits per heavy atom. The molecule has 0 saturated carbocycles. The van der Waals surface area contributed by atoms with E-state index in [0.717, 1.165) is 11.1 Å². The van der Waals surface area contributed by atoms with E-state index in [4.69, 9.17) is 16.7 Å². The predicted molar refractivity (Wildman–Crippen MR) is 106 cm³/mol. The summed E-state index contributed by atoms with van der Waals surface area (Å²) in [6, 6.07) is 9.51. The lowest BCUT2D eigenvalue weighted by atomic mass is 10.2. The maximum absolute atomic E-state index is 12.8. The van der Waals surface area contributed by atoms with Crippen molar-refractivity contribution in [3.63, 3.8) is 0 Å². The second-order valence-corrected chi connectivity index (χ2v) is 8.66. The normalized spacial score (nSPS) is 13.3. The number of carboxylic acid groups (broad SMARTS) is 1. The first-order valence-electron chi connectivity index (χ1n) is 8.61. The average molecular weight is 423 g/mol. The van der Waals surface area contributed by atoms with Crippen LogP contribution in [0.4, 0.5) is 11.4 Å². The van der Waals surface area contributed by atoms with Crippen LogP contribution in [0.1, 0.15) is 24.0 Å². The second kappa shape index (κ2) is 7.81. The van der Waals surface area contributed by atoms with Gasteiger partial charge in [0.05, 0.1) is 17.0 Å².